The number of anilines is 1. The number of hydrogen-bond acceptors (Lipinski definition) is 6. The van der Waals surface area contributed by atoms with E-state index >= 15 is 0 Å². The summed E-state index contributed by atoms with van der Waals surface area (Å²) in [6.45, 7) is 3.74. The first-order valence-corrected chi connectivity index (χ1v) is 10.8. The van der Waals surface area contributed by atoms with E-state index in [4.69, 9.17) is 0 Å². The quantitative estimate of drug-likeness (QED) is 0.404. The first-order valence-electron chi connectivity index (χ1n) is 8.07. The van der Waals surface area contributed by atoms with Gasteiger partial charge in [-0.1, -0.05) is 25.1 Å². The molecule has 0 spiro atoms. The van der Waals surface area contributed by atoms with Crippen LogP contribution in [0.15, 0.2) is 40.3 Å². The number of Topliss-reactive ketones (excluding diaryl/α,β-unsaturated/α-hetero) is 1. The molecule has 0 aliphatic heterocycles. The van der Waals surface area contributed by atoms with E-state index in [-0.39, 0.29) is 11.3 Å². The van der Waals surface area contributed by atoms with Crippen LogP contribution in [0.1, 0.15) is 36.3 Å². The summed E-state index contributed by atoms with van der Waals surface area (Å²) in [4.78, 5) is 31.3. The molecule has 7 nitrogen and oxygen atoms in total. The minimum absolute atomic E-state index is 0.135. The molecule has 0 aliphatic carbocycles. The van der Waals surface area contributed by atoms with Gasteiger partial charge in [-0.2, -0.15) is 0 Å². The molecule has 1 aromatic carbocycles. The van der Waals surface area contributed by atoms with Crippen molar-refractivity contribution in [2.24, 2.45) is 0 Å². The van der Waals surface area contributed by atoms with Gasteiger partial charge in [-0.25, -0.2) is 13.4 Å². The lowest BCUT2D eigenvalue weighted by Crippen LogP contribution is -2.17. The van der Waals surface area contributed by atoms with E-state index in [1.54, 1.807) is 19.1 Å². The van der Waals surface area contributed by atoms with Crippen LogP contribution in [-0.4, -0.2) is 35.7 Å². The highest BCUT2D eigenvalue weighted by Crippen LogP contribution is 2.23. The topological polar surface area (TPSA) is 109 Å². The Morgan fingerprint density at radius 2 is 1.96 bits per heavy atom. The zero-order chi connectivity index (χ0) is 19.3. The summed E-state index contributed by atoms with van der Waals surface area (Å²) in [5.41, 5.74) is 1.31. The van der Waals surface area contributed by atoms with E-state index in [1.165, 1.54) is 30.0 Å². The third kappa shape index (κ3) is 5.99. The van der Waals surface area contributed by atoms with Gasteiger partial charge in [0.15, 0.2) is 10.9 Å². The van der Waals surface area contributed by atoms with Crippen molar-refractivity contribution in [2.75, 3.05) is 11.0 Å². The van der Waals surface area contributed by atoms with Gasteiger partial charge in [-0.3, -0.25) is 14.3 Å². The van der Waals surface area contributed by atoms with E-state index < -0.39 is 15.3 Å². The fourth-order valence-electron chi connectivity index (χ4n) is 2.30. The molecule has 0 fully saturated rings. The molecule has 0 saturated heterocycles. The number of carbonyl (C=O) groups is 1. The molecule has 0 radical (unpaired) electrons. The van der Waals surface area contributed by atoms with Crippen LogP contribution in [0.4, 0.5) is 5.69 Å². The number of hydrogen-bond donors (Lipinski definition) is 2. The molecule has 2 rings (SSSR count). The number of ketones is 1. The van der Waals surface area contributed by atoms with Crippen LogP contribution in [0, 0.1) is 0 Å². The van der Waals surface area contributed by atoms with Crippen molar-refractivity contribution in [1.82, 2.24) is 9.97 Å². The van der Waals surface area contributed by atoms with Crippen LogP contribution < -0.4 is 10.3 Å². The van der Waals surface area contributed by atoms with Gasteiger partial charge >= 0.3 is 0 Å². The largest absolute Gasteiger partial charge is 0.301 e. The lowest BCUT2D eigenvalue weighted by molar-refractivity contribution is 0.0994. The van der Waals surface area contributed by atoms with E-state index in [2.05, 4.69) is 14.7 Å². The summed E-state index contributed by atoms with van der Waals surface area (Å²) in [5.74, 6) is -0.135. The Balaban J connectivity index is 2.11. The summed E-state index contributed by atoms with van der Waals surface area (Å²) >= 11 is 1.19. The smallest absolute Gasteiger partial charge is 0.251 e. The van der Waals surface area contributed by atoms with Crippen molar-refractivity contribution in [1.29, 1.82) is 0 Å². The highest BCUT2D eigenvalue weighted by atomic mass is 32.2. The Kier molecular flexibility index (Phi) is 6.60. The summed E-state index contributed by atoms with van der Waals surface area (Å²) in [6.07, 6.45) is 2.64. The predicted octanol–water partition coefficient (Wildman–Crippen LogP) is 2.46. The molecular formula is C17H21N3O4S2. The maximum atomic E-state index is 12.6. The third-order valence-corrected chi connectivity index (χ3v) is 5.00. The Labute approximate surface area is 156 Å². The fourth-order valence-corrected chi connectivity index (χ4v) is 3.77. The average Bonchev–Trinajstić information content (AvgIpc) is 2.53. The Hall–Kier alpha value is -2.13. The monoisotopic (exact) mass is 395 g/mol. The Morgan fingerprint density at radius 1 is 1.31 bits per heavy atom. The molecule has 26 heavy (non-hydrogen) atoms. The van der Waals surface area contributed by atoms with E-state index in [1.807, 2.05) is 6.92 Å². The minimum Gasteiger partial charge on any atom is -0.301 e. The van der Waals surface area contributed by atoms with Gasteiger partial charge in [-0.05, 0) is 37.6 Å². The summed E-state index contributed by atoms with van der Waals surface area (Å²) in [7, 11) is -3.36. The molecule has 1 atom stereocenters. The summed E-state index contributed by atoms with van der Waals surface area (Å²) in [6, 6.07) is 7.67. The van der Waals surface area contributed by atoms with E-state index in [0.717, 1.165) is 12.7 Å². The number of rotatable bonds is 8. The number of sulfonamides is 1. The van der Waals surface area contributed by atoms with Crippen LogP contribution >= 0.6 is 11.8 Å². The highest BCUT2D eigenvalue weighted by molar-refractivity contribution is 8.00. The first-order chi connectivity index (χ1) is 12.2. The average molecular weight is 396 g/mol. The number of H-pyrrole nitrogens is 1. The zero-order valence-electron chi connectivity index (χ0n) is 14.8. The number of benzene rings is 1. The number of aromatic amines is 1. The van der Waals surface area contributed by atoms with Gasteiger partial charge in [0.1, 0.15) is 0 Å². The van der Waals surface area contributed by atoms with Crippen LogP contribution in [-0.2, 0) is 16.4 Å². The van der Waals surface area contributed by atoms with Gasteiger partial charge in [0.25, 0.3) is 5.56 Å². The fraction of sp³-hybridized carbons (Fsp3) is 0.353. The SMILES string of the molecule is CCCc1cc(=O)[nH]c(S[C@H](C)C(=O)c2ccc(NS(C)(=O)=O)cc2)n1. The molecule has 0 saturated carbocycles. The highest BCUT2D eigenvalue weighted by Gasteiger charge is 2.18. The Bertz CT molecular complexity index is 937. The van der Waals surface area contributed by atoms with Crippen LogP contribution in [0.25, 0.3) is 0 Å². The van der Waals surface area contributed by atoms with Crippen LogP contribution in [0.3, 0.4) is 0 Å². The van der Waals surface area contributed by atoms with Gasteiger partial charge in [0.2, 0.25) is 10.0 Å². The second-order valence-corrected chi connectivity index (χ2v) is 8.95. The van der Waals surface area contributed by atoms with Crippen molar-refractivity contribution < 1.29 is 13.2 Å². The molecule has 9 heteroatoms. The van der Waals surface area contributed by atoms with Crippen LogP contribution in [0.2, 0.25) is 0 Å². The predicted molar refractivity (Wildman–Crippen MR) is 103 cm³/mol. The number of nitrogens with one attached hydrogen (secondary N) is 2. The number of aromatic nitrogens is 2. The van der Waals surface area contributed by atoms with Gasteiger partial charge < -0.3 is 4.98 Å². The first kappa shape index (κ1) is 20.2. The molecular weight excluding hydrogens is 374 g/mol. The van der Waals surface area contributed by atoms with Crippen molar-refractivity contribution in [3.8, 4) is 0 Å². The van der Waals surface area contributed by atoms with Crippen molar-refractivity contribution >= 4 is 33.3 Å². The van der Waals surface area contributed by atoms with Gasteiger partial charge in [0.05, 0.1) is 11.5 Å². The zero-order valence-corrected chi connectivity index (χ0v) is 16.4. The van der Waals surface area contributed by atoms with Crippen molar-refractivity contribution in [2.45, 2.75) is 37.1 Å². The molecule has 0 aliphatic rings. The molecule has 0 bridgehead atoms. The second kappa shape index (κ2) is 8.50. The lowest BCUT2D eigenvalue weighted by Gasteiger charge is -2.11. The molecule has 0 unspecified atom stereocenters. The molecule has 1 heterocycles. The maximum absolute atomic E-state index is 12.6. The third-order valence-electron chi connectivity index (χ3n) is 3.41. The van der Waals surface area contributed by atoms with E-state index in [0.29, 0.717) is 28.5 Å². The normalized spacial score (nSPS) is 12.6. The van der Waals surface area contributed by atoms with Gasteiger partial charge in [0, 0.05) is 23.0 Å². The number of thioether (sulfide) groups is 1. The molecule has 1 aromatic heterocycles. The molecule has 2 aromatic rings. The summed E-state index contributed by atoms with van der Waals surface area (Å²) in [5, 5.41) is -0.0408. The number of aryl methyl sites for hydroxylation is 1. The van der Waals surface area contributed by atoms with Gasteiger partial charge in [-0.15, -0.1) is 0 Å². The molecule has 0 amide bonds. The summed E-state index contributed by atoms with van der Waals surface area (Å²) < 4.78 is 24.8. The minimum atomic E-state index is -3.36. The maximum Gasteiger partial charge on any atom is 0.251 e. The molecule has 140 valence electrons. The number of carbonyl (C=O) groups excluding carboxylic acids is 1. The second-order valence-electron chi connectivity index (χ2n) is 5.87. The Morgan fingerprint density at radius 3 is 2.54 bits per heavy atom. The molecule has 2 N–H and O–H groups in total. The van der Waals surface area contributed by atoms with Crippen molar-refractivity contribution in [3.63, 3.8) is 0 Å². The lowest BCUT2D eigenvalue weighted by atomic mass is 10.1. The van der Waals surface area contributed by atoms with E-state index in [9.17, 15) is 18.0 Å². The standard InChI is InChI=1S/C17H21N3O4S2/c1-4-5-14-10-15(21)19-17(18-14)25-11(2)16(22)12-6-8-13(9-7-12)20-26(3,23)24/h6-11,20H,4-5H2,1-3H3,(H,18,19,21)/t11-/m1/s1. The number of nitrogens with zero attached hydrogens (tertiary/aromatic N) is 1. The van der Waals surface area contributed by atoms with Crippen LogP contribution in [0.5, 0.6) is 0 Å². The van der Waals surface area contributed by atoms with Crippen molar-refractivity contribution in [3.05, 3.63) is 51.9 Å².